The van der Waals surface area contributed by atoms with Gasteiger partial charge in [-0.25, -0.2) is 8.42 Å². The van der Waals surface area contributed by atoms with Gasteiger partial charge in [-0.2, -0.15) is 17.5 Å². The number of thiophene rings is 1. The van der Waals surface area contributed by atoms with Crippen LogP contribution in [0.25, 0.3) is 0 Å². The highest BCUT2D eigenvalue weighted by atomic mass is 32.2. The molecule has 12 heteroatoms. The number of sulfonamides is 1. The van der Waals surface area contributed by atoms with E-state index in [4.69, 9.17) is 9.47 Å². The average Bonchev–Trinajstić information content (AvgIpc) is 3.33. The lowest BCUT2D eigenvalue weighted by molar-refractivity contribution is -0.258. The van der Waals surface area contributed by atoms with Gasteiger partial charge in [-0.3, -0.25) is 0 Å². The highest BCUT2D eigenvalue weighted by molar-refractivity contribution is 7.91. The topological polar surface area (TPSA) is 79.3 Å². The summed E-state index contributed by atoms with van der Waals surface area (Å²) in [5.74, 6) is 0. The van der Waals surface area contributed by atoms with Crippen LogP contribution in [0.4, 0.5) is 18.9 Å². The van der Waals surface area contributed by atoms with Crippen LogP contribution in [0.1, 0.15) is 19.4 Å². The van der Waals surface area contributed by atoms with Crippen LogP contribution in [-0.2, 0) is 25.1 Å². The van der Waals surface area contributed by atoms with Crippen molar-refractivity contribution in [1.82, 2.24) is 4.31 Å². The number of nitrogens with zero attached hydrogens (tertiary/aromatic N) is 2. The Labute approximate surface area is 207 Å². The summed E-state index contributed by atoms with van der Waals surface area (Å²) in [5.41, 5.74) is -2.68. The molecule has 2 aliphatic rings. The molecule has 7 nitrogen and oxygen atoms in total. The van der Waals surface area contributed by atoms with Crippen molar-refractivity contribution in [3.05, 3.63) is 47.3 Å². The second-order valence-corrected chi connectivity index (χ2v) is 12.7. The second kappa shape index (κ2) is 9.64. The van der Waals surface area contributed by atoms with E-state index in [0.717, 1.165) is 18.3 Å². The third-order valence-corrected chi connectivity index (χ3v) is 9.75. The summed E-state index contributed by atoms with van der Waals surface area (Å²) < 4.78 is 78.8. The quantitative estimate of drug-likeness (QED) is 0.559. The third kappa shape index (κ3) is 5.37. The van der Waals surface area contributed by atoms with E-state index in [2.05, 4.69) is 0 Å². The maximum absolute atomic E-state index is 13.2. The van der Waals surface area contributed by atoms with E-state index in [1.807, 2.05) is 11.8 Å². The van der Waals surface area contributed by atoms with Crippen LogP contribution in [-0.4, -0.2) is 76.1 Å². The maximum Gasteiger partial charge on any atom is 0.421 e. The zero-order chi connectivity index (χ0) is 25.5. The first-order valence-electron chi connectivity index (χ1n) is 11.2. The van der Waals surface area contributed by atoms with Crippen molar-refractivity contribution in [2.45, 2.75) is 35.9 Å². The van der Waals surface area contributed by atoms with Crippen LogP contribution in [0.3, 0.4) is 0 Å². The normalized spacial score (nSPS) is 23.0. The molecule has 0 spiro atoms. The summed E-state index contributed by atoms with van der Waals surface area (Å²) in [6.07, 6.45) is -4.81. The lowest BCUT2D eigenvalue weighted by atomic mass is 9.90. The molecule has 194 valence electrons. The molecule has 2 aliphatic heterocycles. The molecule has 2 saturated heterocycles. The van der Waals surface area contributed by atoms with Gasteiger partial charge < -0.3 is 19.5 Å². The summed E-state index contributed by atoms with van der Waals surface area (Å²) in [5, 5.41) is 11.7. The highest BCUT2D eigenvalue weighted by Crippen LogP contribution is 2.39. The van der Waals surface area contributed by atoms with Crippen LogP contribution >= 0.6 is 11.3 Å². The minimum Gasteiger partial charge on any atom is -0.380 e. The van der Waals surface area contributed by atoms with E-state index in [1.54, 1.807) is 17.5 Å². The molecular weight excluding hydrogens is 505 g/mol. The third-order valence-electron chi connectivity index (χ3n) is 6.51. The number of piperazine rings is 1. The number of hydrogen-bond acceptors (Lipinski definition) is 7. The molecule has 0 saturated carbocycles. The Morgan fingerprint density at radius 1 is 1.20 bits per heavy atom. The average molecular weight is 535 g/mol. The number of benzene rings is 1. The van der Waals surface area contributed by atoms with Crippen molar-refractivity contribution < 1.29 is 36.2 Å². The Balaban J connectivity index is 1.54. The molecule has 1 aromatic heterocycles. The monoisotopic (exact) mass is 534 g/mol. The molecule has 0 aliphatic carbocycles. The zero-order valence-corrected chi connectivity index (χ0v) is 21.1. The van der Waals surface area contributed by atoms with E-state index in [1.165, 1.54) is 28.6 Å². The second-order valence-electron chi connectivity index (χ2n) is 9.58. The molecule has 0 radical (unpaired) electrons. The smallest absolute Gasteiger partial charge is 0.380 e. The van der Waals surface area contributed by atoms with E-state index >= 15 is 0 Å². The molecule has 2 aromatic rings. The number of halogens is 3. The summed E-state index contributed by atoms with van der Waals surface area (Å²) in [4.78, 5) is 1.95. The van der Waals surface area contributed by atoms with E-state index in [0.29, 0.717) is 32.1 Å². The SMILES string of the molecule is CC1(COC[C@H]2CN(S(=O)(=O)c3cccs3)CCN2c2ccc([C@](C)(O)C(F)(F)F)cc2)COC1. The fraction of sp³-hybridized carbons (Fsp3) is 0.565. The van der Waals surface area contributed by atoms with Gasteiger partial charge in [0.15, 0.2) is 5.60 Å². The van der Waals surface area contributed by atoms with E-state index < -0.39 is 21.8 Å². The first-order chi connectivity index (χ1) is 16.3. The molecule has 1 aromatic carbocycles. The molecule has 2 atom stereocenters. The number of anilines is 1. The van der Waals surface area contributed by atoms with Crippen molar-refractivity contribution in [2.24, 2.45) is 5.41 Å². The van der Waals surface area contributed by atoms with Gasteiger partial charge in [0.1, 0.15) is 4.21 Å². The van der Waals surface area contributed by atoms with Gasteiger partial charge in [0.25, 0.3) is 10.0 Å². The number of ether oxygens (including phenoxy) is 2. The Morgan fingerprint density at radius 3 is 2.43 bits per heavy atom. The molecule has 2 fully saturated rings. The molecule has 0 amide bonds. The van der Waals surface area contributed by atoms with Gasteiger partial charge in [0.2, 0.25) is 0 Å². The fourth-order valence-corrected chi connectivity index (χ4v) is 6.79. The van der Waals surface area contributed by atoms with Crippen LogP contribution in [0.15, 0.2) is 46.0 Å². The van der Waals surface area contributed by atoms with Crippen LogP contribution < -0.4 is 4.90 Å². The highest BCUT2D eigenvalue weighted by Gasteiger charge is 2.51. The van der Waals surface area contributed by atoms with Crippen LogP contribution in [0, 0.1) is 5.41 Å². The Hall–Kier alpha value is -1.70. The molecule has 1 N–H and O–H groups in total. The van der Waals surface area contributed by atoms with Gasteiger partial charge in [0.05, 0.1) is 32.5 Å². The standard InChI is InChI=1S/C23H29F3N2O5S2/c1-21(15-33-16-21)14-32-13-19-12-27(35(30,31)20-4-3-11-34-20)9-10-28(19)18-7-5-17(6-8-18)22(2,29)23(24,25)26/h3-8,11,19,29H,9-10,12-16H2,1-2H3/t19-,22+/m1/s1. The van der Waals surface area contributed by atoms with Crippen molar-refractivity contribution >= 4 is 27.0 Å². The lowest BCUT2D eigenvalue weighted by Crippen LogP contribution is -2.57. The van der Waals surface area contributed by atoms with Gasteiger partial charge in [-0.05, 0) is 36.1 Å². The fourth-order valence-electron chi connectivity index (χ4n) is 4.18. The molecule has 0 unspecified atom stereocenters. The maximum atomic E-state index is 13.2. The van der Waals surface area contributed by atoms with Crippen LogP contribution in [0.5, 0.6) is 0 Å². The number of alkyl halides is 3. The predicted molar refractivity (Wildman–Crippen MR) is 126 cm³/mol. The van der Waals surface area contributed by atoms with Crippen molar-refractivity contribution in [1.29, 1.82) is 0 Å². The molecule has 4 rings (SSSR count). The lowest BCUT2D eigenvalue weighted by Gasteiger charge is -2.43. The first-order valence-corrected chi connectivity index (χ1v) is 13.5. The minimum absolute atomic E-state index is 0.0763. The van der Waals surface area contributed by atoms with E-state index in [9.17, 15) is 26.7 Å². The summed E-state index contributed by atoms with van der Waals surface area (Å²) in [7, 11) is -3.66. The van der Waals surface area contributed by atoms with Gasteiger partial charge >= 0.3 is 6.18 Å². The van der Waals surface area contributed by atoms with Gasteiger partial charge in [-0.15, -0.1) is 11.3 Å². The first kappa shape index (κ1) is 26.4. The van der Waals surface area contributed by atoms with Crippen molar-refractivity contribution in [2.75, 3.05) is 51.0 Å². The Kier molecular flexibility index (Phi) is 7.26. The Morgan fingerprint density at radius 2 is 1.89 bits per heavy atom. The van der Waals surface area contributed by atoms with Crippen molar-refractivity contribution in [3.8, 4) is 0 Å². The molecule has 3 heterocycles. The van der Waals surface area contributed by atoms with Crippen molar-refractivity contribution in [3.63, 3.8) is 0 Å². The van der Waals surface area contributed by atoms with Crippen LogP contribution in [0.2, 0.25) is 0 Å². The number of rotatable bonds is 8. The van der Waals surface area contributed by atoms with E-state index in [-0.39, 0.29) is 40.9 Å². The minimum atomic E-state index is -4.81. The number of aliphatic hydroxyl groups is 1. The zero-order valence-electron chi connectivity index (χ0n) is 19.5. The summed E-state index contributed by atoms with van der Waals surface area (Å²) in [6.45, 7) is 5.41. The van der Waals surface area contributed by atoms with Gasteiger partial charge in [-0.1, -0.05) is 25.1 Å². The molecule has 0 bridgehead atoms. The predicted octanol–water partition coefficient (Wildman–Crippen LogP) is 3.45. The summed E-state index contributed by atoms with van der Waals surface area (Å²) >= 11 is 1.16. The molecule has 35 heavy (non-hydrogen) atoms. The van der Waals surface area contributed by atoms with Gasteiger partial charge in [0, 0.05) is 30.7 Å². The number of hydrogen-bond donors (Lipinski definition) is 1. The Bertz CT molecular complexity index is 1100. The molecular formula is C23H29F3N2O5S2. The summed E-state index contributed by atoms with van der Waals surface area (Å²) in [6, 6.07) is 8.45. The largest absolute Gasteiger partial charge is 0.421 e.